The fraction of sp³-hybridized carbons (Fsp3) is 0.727. The average Bonchev–Trinajstić information content (AvgIpc) is 2.83. The van der Waals surface area contributed by atoms with Gasteiger partial charge in [-0.15, -0.1) is 11.3 Å². The summed E-state index contributed by atoms with van der Waals surface area (Å²) in [6.45, 7) is 2.91. The monoisotopic (exact) mass is 226 g/mol. The second-order valence-corrected chi connectivity index (χ2v) is 5.02. The van der Waals surface area contributed by atoms with Gasteiger partial charge in [0, 0.05) is 30.8 Å². The first kappa shape index (κ1) is 11.0. The smallest absolute Gasteiger partial charge is 0.107 e. The van der Waals surface area contributed by atoms with Gasteiger partial charge >= 0.3 is 0 Å². The Morgan fingerprint density at radius 3 is 3.13 bits per heavy atom. The summed E-state index contributed by atoms with van der Waals surface area (Å²) >= 11 is 1.73. The minimum absolute atomic E-state index is 0.394. The molecular weight excluding hydrogens is 208 g/mol. The van der Waals surface area contributed by atoms with Gasteiger partial charge in [-0.2, -0.15) is 0 Å². The molecule has 0 radical (unpaired) electrons. The maximum Gasteiger partial charge on any atom is 0.107 e. The van der Waals surface area contributed by atoms with Gasteiger partial charge in [0.1, 0.15) is 5.01 Å². The third-order valence-electron chi connectivity index (χ3n) is 2.94. The highest BCUT2D eigenvalue weighted by Crippen LogP contribution is 2.22. The van der Waals surface area contributed by atoms with Gasteiger partial charge in [-0.05, 0) is 26.2 Å². The quantitative estimate of drug-likeness (QED) is 0.854. The molecule has 1 N–H and O–H groups in total. The van der Waals surface area contributed by atoms with Gasteiger partial charge in [0.2, 0.25) is 0 Å². The van der Waals surface area contributed by atoms with E-state index >= 15 is 0 Å². The summed E-state index contributed by atoms with van der Waals surface area (Å²) in [6, 6.07) is 0.513. The molecule has 0 amide bonds. The van der Waals surface area contributed by atoms with Crippen molar-refractivity contribution in [1.82, 2.24) is 10.3 Å². The van der Waals surface area contributed by atoms with Crippen LogP contribution in [0, 0.1) is 6.92 Å². The lowest BCUT2D eigenvalue weighted by molar-refractivity contribution is 0.0847. The third-order valence-corrected chi connectivity index (χ3v) is 3.90. The summed E-state index contributed by atoms with van der Waals surface area (Å²) in [5.74, 6) is 0. The number of nitrogens with one attached hydrogen (secondary N) is 1. The van der Waals surface area contributed by atoms with E-state index in [0.29, 0.717) is 12.1 Å². The molecule has 2 rings (SSSR count). The summed E-state index contributed by atoms with van der Waals surface area (Å²) in [4.78, 5) is 4.44. The maximum absolute atomic E-state index is 5.44. The first-order valence-corrected chi connectivity index (χ1v) is 6.34. The van der Waals surface area contributed by atoms with E-state index in [0.717, 1.165) is 12.2 Å². The first-order chi connectivity index (χ1) is 7.29. The molecule has 1 aliphatic rings. The lowest BCUT2D eigenvalue weighted by Crippen LogP contribution is -2.36. The molecule has 2 unspecified atom stereocenters. The van der Waals surface area contributed by atoms with E-state index in [1.807, 2.05) is 6.92 Å². The summed E-state index contributed by atoms with van der Waals surface area (Å²) in [7, 11) is 1.80. The number of hydrogen-bond acceptors (Lipinski definition) is 4. The summed E-state index contributed by atoms with van der Waals surface area (Å²) < 4.78 is 5.44. The van der Waals surface area contributed by atoms with Crippen molar-refractivity contribution in [2.24, 2.45) is 0 Å². The lowest BCUT2D eigenvalue weighted by atomic mass is 10.2. The first-order valence-electron chi connectivity index (χ1n) is 5.47. The van der Waals surface area contributed by atoms with E-state index in [4.69, 9.17) is 4.74 Å². The number of methoxy groups -OCH3 is 1. The van der Waals surface area contributed by atoms with Gasteiger partial charge < -0.3 is 10.1 Å². The predicted molar refractivity (Wildman–Crippen MR) is 62.1 cm³/mol. The molecule has 1 heterocycles. The minimum Gasteiger partial charge on any atom is -0.380 e. The molecule has 0 aliphatic heterocycles. The summed E-state index contributed by atoms with van der Waals surface area (Å²) in [5.41, 5.74) is 1.12. The van der Waals surface area contributed by atoms with Crippen LogP contribution in [-0.2, 0) is 11.3 Å². The van der Waals surface area contributed by atoms with Gasteiger partial charge in [-0.1, -0.05) is 0 Å². The van der Waals surface area contributed by atoms with E-state index in [2.05, 4.69) is 15.7 Å². The number of ether oxygens (including phenoxy) is 1. The van der Waals surface area contributed by atoms with Crippen LogP contribution in [0.3, 0.4) is 0 Å². The van der Waals surface area contributed by atoms with E-state index < -0.39 is 0 Å². The van der Waals surface area contributed by atoms with Crippen LogP contribution in [0.15, 0.2) is 5.38 Å². The number of rotatable bonds is 4. The van der Waals surface area contributed by atoms with Crippen molar-refractivity contribution in [3.8, 4) is 0 Å². The van der Waals surface area contributed by atoms with Crippen LogP contribution in [0.1, 0.15) is 30.0 Å². The normalized spacial score (nSPS) is 26.0. The highest BCUT2D eigenvalue weighted by molar-refractivity contribution is 7.09. The second-order valence-electron chi connectivity index (χ2n) is 4.08. The Bertz CT molecular complexity index is 313. The average molecular weight is 226 g/mol. The summed E-state index contributed by atoms with van der Waals surface area (Å²) in [5, 5.41) is 6.81. The molecule has 0 aromatic carbocycles. The number of thiazole rings is 1. The zero-order valence-corrected chi connectivity index (χ0v) is 10.1. The van der Waals surface area contributed by atoms with Crippen LogP contribution < -0.4 is 5.32 Å². The van der Waals surface area contributed by atoms with Crippen molar-refractivity contribution in [3.05, 3.63) is 16.1 Å². The molecule has 84 valence electrons. The lowest BCUT2D eigenvalue weighted by Gasteiger charge is -2.18. The molecule has 2 atom stereocenters. The van der Waals surface area contributed by atoms with Gasteiger partial charge in [0.25, 0.3) is 0 Å². The highest BCUT2D eigenvalue weighted by Gasteiger charge is 2.26. The van der Waals surface area contributed by atoms with Crippen LogP contribution in [0.25, 0.3) is 0 Å². The van der Waals surface area contributed by atoms with Crippen LogP contribution >= 0.6 is 11.3 Å². The van der Waals surface area contributed by atoms with E-state index in [1.165, 1.54) is 24.3 Å². The fourth-order valence-corrected chi connectivity index (χ4v) is 2.87. The molecule has 1 aromatic heterocycles. The number of aryl methyl sites for hydroxylation is 1. The van der Waals surface area contributed by atoms with Crippen LogP contribution in [0.5, 0.6) is 0 Å². The molecule has 0 saturated heterocycles. The molecule has 4 heteroatoms. The standard InChI is InChI=1S/C11H18N2OS/c1-8-7-15-11(13-8)6-12-9-4-3-5-10(9)14-2/h7,9-10,12H,3-6H2,1-2H3. The van der Waals surface area contributed by atoms with Crippen molar-refractivity contribution in [3.63, 3.8) is 0 Å². The molecule has 1 aromatic rings. The van der Waals surface area contributed by atoms with Crippen molar-refractivity contribution >= 4 is 11.3 Å². The summed E-state index contributed by atoms with van der Waals surface area (Å²) in [6.07, 6.45) is 4.08. The maximum atomic E-state index is 5.44. The molecule has 3 nitrogen and oxygen atoms in total. The van der Waals surface area contributed by atoms with Gasteiger partial charge in [-0.25, -0.2) is 4.98 Å². The SMILES string of the molecule is COC1CCCC1NCc1nc(C)cs1. The molecule has 1 fully saturated rings. The van der Waals surface area contributed by atoms with E-state index in [1.54, 1.807) is 18.4 Å². The van der Waals surface area contributed by atoms with E-state index in [-0.39, 0.29) is 0 Å². The zero-order chi connectivity index (χ0) is 10.7. The Labute approximate surface area is 94.9 Å². The predicted octanol–water partition coefficient (Wildman–Crippen LogP) is 2.11. The largest absolute Gasteiger partial charge is 0.380 e. The molecular formula is C11H18N2OS. The van der Waals surface area contributed by atoms with E-state index in [9.17, 15) is 0 Å². The second kappa shape index (κ2) is 5.05. The van der Waals surface area contributed by atoms with Crippen LogP contribution in [0.4, 0.5) is 0 Å². The Morgan fingerprint density at radius 2 is 2.47 bits per heavy atom. The molecule has 0 bridgehead atoms. The van der Waals surface area contributed by atoms with Crippen molar-refractivity contribution < 1.29 is 4.74 Å². The highest BCUT2D eigenvalue weighted by atomic mass is 32.1. The van der Waals surface area contributed by atoms with Crippen molar-refractivity contribution in [2.75, 3.05) is 7.11 Å². The van der Waals surface area contributed by atoms with Crippen LogP contribution in [-0.4, -0.2) is 24.2 Å². The number of aromatic nitrogens is 1. The van der Waals surface area contributed by atoms with Gasteiger partial charge in [0.15, 0.2) is 0 Å². The molecule has 0 spiro atoms. The topological polar surface area (TPSA) is 34.1 Å². The molecule has 1 saturated carbocycles. The Morgan fingerprint density at radius 1 is 1.60 bits per heavy atom. The number of hydrogen-bond donors (Lipinski definition) is 1. The van der Waals surface area contributed by atoms with Gasteiger partial charge in [-0.3, -0.25) is 0 Å². The Balaban J connectivity index is 1.82. The molecule has 1 aliphatic carbocycles. The number of nitrogens with zero attached hydrogens (tertiary/aromatic N) is 1. The fourth-order valence-electron chi connectivity index (χ4n) is 2.14. The minimum atomic E-state index is 0.394. The van der Waals surface area contributed by atoms with Gasteiger partial charge in [0.05, 0.1) is 6.10 Å². The van der Waals surface area contributed by atoms with Crippen molar-refractivity contribution in [2.45, 2.75) is 44.9 Å². The van der Waals surface area contributed by atoms with Crippen LogP contribution in [0.2, 0.25) is 0 Å². The van der Waals surface area contributed by atoms with Crippen molar-refractivity contribution in [1.29, 1.82) is 0 Å². The molecule has 15 heavy (non-hydrogen) atoms. The Hall–Kier alpha value is -0.450. The zero-order valence-electron chi connectivity index (χ0n) is 9.32. The Kier molecular flexibility index (Phi) is 3.72. The third kappa shape index (κ3) is 2.77.